The summed E-state index contributed by atoms with van der Waals surface area (Å²) in [5.74, 6) is 0.691. The van der Waals surface area contributed by atoms with Crippen LogP contribution in [0, 0.1) is 17.6 Å². The zero-order valence-electron chi connectivity index (χ0n) is 19.6. The van der Waals surface area contributed by atoms with E-state index in [2.05, 4.69) is 28.7 Å². The molecule has 3 aromatic rings. The van der Waals surface area contributed by atoms with Crippen molar-refractivity contribution in [2.45, 2.75) is 26.2 Å². The van der Waals surface area contributed by atoms with Crippen molar-refractivity contribution in [3.63, 3.8) is 0 Å². The molecule has 0 radical (unpaired) electrons. The van der Waals surface area contributed by atoms with Gasteiger partial charge in [0.15, 0.2) is 5.65 Å². The largest absolute Gasteiger partial charge is 0.352 e. The highest BCUT2D eigenvalue weighted by Crippen LogP contribution is 2.25. The van der Waals surface area contributed by atoms with E-state index in [1.807, 2.05) is 6.08 Å². The van der Waals surface area contributed by atoms with Crippen LogP contribution in [0.3, 0.4) is 0 Å². The van der Waals surface area contributed by atoms with Gasteiger partial charge in [0.1, 0.15) is 23.0 Å². The molecule has 1 aliphatic rings. The number of nitrogens with zero attached hydrogens (tertiary/aromatic N) is 3. The quantitative estimate of drug-likeness (QED) is 0.425. The summed E-state index contributed by atoms with van der Waals surface area (Å²) in [5.41, 5.74) is -0.389. The average molecular weight is 499 g/mol. The molecular weight excluding hydrogens is 470 g/mol. The molecule has 2 aromatic heterocycles. The molecule has 6 nitrogen and oxygen atoms in total. The third-order valence-corrected chi connectivity index (χ3v) is 7.21. The number of carbonyl (C=O) groups is 1. The van der Waals surface area contributed by atoms with Crippen LogP contribution in [0.15, 0.2) is 54.0 Å². The van der Waals surface area contributed by atoms with E-state index >= 15 is 0 Å². The van der Waals surface area contributed by atoms with E-state index in [1.165, 1.54) is 16.8 Å². The Morgan fingerprint density at radius 2 is 2.14 bits per heavy atom. The lowest BCUT2D eigenvalue weighted by atomic mass is 9.98. The number of pyridine rings is 2. The minimum absolute atomic E-state index is 0.00271. The van der Waals surface area contributed by atoms with Crippen LogP contribution < -0.4 is 15.6 Å². The van der Waals surface area contributed by atoms with Gasteiger partial charge in [0.2, 0.25) is 5.43 Å². The molecule has 35 heavy (non-hydrogen) atoms. The molecule has 1 aromatic carbocycles. The van der Waals surface area contributed by atoms with Crippen LogP contribution >= 0.6 is 11.8 Å². The molecule has 0 aliphatic carbocycles. The molecule has 1 amide bonds. The SMILES string of the molecule is C=CCC(CC)CCNC(=O)c1cn(-c2ccc(F)cc2F)c2nc(N3CCSC3)ccc2c1=O. The Hall–Kier alpha value is -3.20. The summed E-state index contributed by atoms with van der Waals surface area (Å²) in [4.78, 5) is 33.0. The number of benzene rings is 1. The zero-order chi connectivity index (χ0) is 24.9. The number of fused-ring (bicyclic) bond motifs is 1. The molecule has 0 saturated carbocycles. The molecule has 1 unspecified atom stereocenters. The maximum Gasteiger partial charge on any atom is 0.256 e. The first-order valence-corrected chi connectivity index (χ1v) is 12.8. The Balaban J connectivity index is 1.76. The number of thioether (sulfide) groups is 1. The number of aromatic nitrogens is 2. The lowest BCUT2D eigenvalue weighted by molar-refractivity contribution is 0.0950. The summed E-state index contributed by atoms with van der Waals surface area (Å²) >= 11 is 1.77. The van der Waals surface area contributed by atoms with E-state index in [4.69, 9.17) is 0 Å². The fourth-order valence-corrected chi connectivity index (χ4v) is 5.16. The summed E-state index contributed by atoms with van der Waals surface area (Å²) in [6, 6.07) is 6.54. The smallest absolute Gasteiger partial charge is 0.256 e. The van der Waals surface area contributed by atoms with E-state index in [1.54, 1.807) is 23.9 Å². The Morgan fingerprint density at radius 3 is 2.83 bits per heavy atom. The highest BCUT2D eigenvalue weighted by Gasteiger charge is 2.21. The van der Waals surface area contributed by atoms with Gasteiger partial charge in [0.25, 0.3) is 5.91 Å². The summed E-state index contributed by atoms with van der Waals surface area (Å²) in [6.07, 6.45) is 5.71. The van der Waals surface area contributed by atoms with E-state index in [-0.39, 0.29) is 22.3 Å². The first kappa shape index (κ1) is 24.9. The molecule has 1 N–H and O–H groups in total. The standard InChI is InChI=1S/C26H28F2N4O2S/c1-3-5-17(4-2)10-11-29-26(34)20-15-32(22-8-6-18(27)14-21(22)28)25-19(24(20)33)7-9-23(30-25)31-12-13-35-16-31/h3,6-9,14-15,17H,1,4-5,10-13,16H2,2H3,(H,29,34). The van der Waals surface area contributed by atoms with Crippen LogP contribution in [0.25, 0.3) is 16.7 Å². The molecule has 4 rings (SSSR count). The minimum atomic E-state index is -0.819. The maximum atomic E-state index is 14.8. The van der Waals surface area contributed by atoms with Gasteiger partial charge >= 0.3 is 0 Å². The van der Waals surface area contributed by atoms with Crippen LogP contribution in [0.1, 0.15) is 36.5 Å². The van der Waals surface area contributed by atoms with Crippen molar-refractivity contribution in [2.24, 2.45) is 5.92 Å². The Labute approximate surface area is 207 Å². The Bertz CT molecular complexity index is 1300. The lowest BCUT2D eigenvalue weighted by Crippen LogP contribution is -2.31. The highest BCUT2D eigenvalue weighted by atomic mass is 32.2. The Kier molecular flexibility index (Phi) is 7.85. The van der Waals surface area contributed by atoms with Crippen LogP contribution in [0.5, 0.6) is 0 Å². The van der Waals surface area contributed by atoms with Gasteiger partial charge < -0.3 is 10.2 Å². The minimum Gasteiger partial charge on any atom is -0.352 e. The monoisotopic (exact) mass is 498 g/mol. The van der Waals surface area contributed by atoms with E-state index in [0.29, 0.717) is 18.3 Å². The van der Waals surface area contributed by atoms with Crippen molar-refractivity contribution < 1.29 is 13.6 Å². The van der Waals surface area contributed by atoms with Gasteiger partial charge in [-0.3, -0.25) is 14.2 Å². The van der Waals surface area contributed by atoms with Crippen LogP contribution in [-0.2, 0) is 0 Å². The van der Waals surface area contributed by atoms with Gasteiger partial charge in [-0.05, 0) is 43.0 Å². The number of amides is 1. The van der Waals surface area contributed by atoms with Crippen molar-refractivity contribution in [3.8, 4) is 5.69 Å². The molecule has 3 heterocycles. The number of halogens is 2. The molecule has 1 aliphatic heterocycles. The normalized spacial score (nSPS) is 14.3. The molecular formula is C26H28F2N4O2S. The Morgan fingerprint density at radius 1 is 1.31 bits per heavy atom. The maximum absolute atomic E-state index is 14.8. The average Bonchev–Trinajstić information content (AvgIpc) is 3.39. The number of allylic oxidation sites excluding steroid dienone is 1. The molecule has 184 valence electrons. The number of hydrogen-bond acceptors (Lipinski definition) is 5. The first-order chi connectivity index (χ1) is 16.9. The molecule has 1 fully saturated rings. The molecule has 0 bridgehead atoms. The van der Waals surface area contributed by atoms with Crippen LogP contribution in [0.2, 0.25) is 0 Å². The zero-order valence-corrected chi connectivity index (χ0v) is 20.4. The molecule has 1 saturated heterocycles. The van der Waals surface area contributed by atoms with Crippen LogP contribution in [0.4, 0.5) is 14.6 Å². The van der Waals surface area contributed by atoms with Crippen molar-refractivity contribution in [3.05, 3.63) is 76.6 Å². The first-order valence-electron chi connectivity index (χ1n) is 11.7. The van der Waals surface area contributed by atoms with Crippen molar-refractivity contribution in [2.75, 3.05) is 29.6 Å². The number of hydrogen-bond donors (Lipinski definition) is 1. The predicted molar refractivity (Wildman–Crippen MR) is 137 cm³/mol. The summed E-state index contributed by atoms with van der Waals surface area (Å²) in [7, 11) is 0. The topological polar surface area (TPSA) is 67.2 Å². The number of carbonyl (C=O) groups excluding carboxylic acids is 1. The van der Waals surface area contributed by atoms with Gasteiger partial charge in [0, 0.05) is 31.1 Å². The lowest BCUT2D eigenvalue weighted by Gasteiger charge is -2.18. The van der Waals surface area contributed by atoms with Crippen molar-refractivity contribution in [1.29, 1.82) is 0 Å². The number of anilines is 1. The van der Waals surface area contributed by atoms with E-state index in [9.17, 15) is 18.4 Å². The van der Waals surface area contributed by atoms with Gasteiger partial charge in [-0.1, -0.05) is 19.4 Å². The molecule has 9 heteroatoms. The van der Waals surface area contributed by atoms with Crippen LogP contribution in [-0.4, -0.2) is 40.2 Å². The second-order valence-corrected chi connectivity index (χ2v) is 9.60. The predicted octanol–water partition coefficient (Wildman–Crippen LogP) is 4.90. The second kappa shape index (κ2) is 11.0. The van der Waals surface area contributed by atoms with Gasteiger partial charge in [0.05, 0.1) is 17.0 Å². The molecule has 0 spiro atoms. The molecule has 1 atom stereocenters. The van der Waals surface area contributed by atoms with Gasteiger partial charge in [-0.25, -0.2) is 13.8 Å². The third kappa shape index (κ3) is 5.40. The third-order valence-electron chi connectivity index (χ3n) is 6.24. The van der Waals surface area contributed by atoms with Gasteiger partial charge in [-0.2, -0.15) is 0 Å². The second-order valence-electron chi connectivity index (χ2n) is 8.52. The number of rotatable bonds is 9. The van der Waals surface area contributed by atoms with Crippen molar-refractivity contribution in [1.82, 2.24) is 14.9 Å². The van der Waals surface area contributed by atoms with E-state index in [0.717, 1.165) is 49.6 Å². The van der Waals surface area contributed by atoms with E-state index < -0.39 is 23.0 Å². The summed E-state index contributed by atoms with van der Waals surface area (Å²) < 4.78 is 29.8. The van der Waals surface area contributed by atoms with Crippen molar-refractivity contribution >= 4 is 34.5 Å². The number of nitrogens with one attached hydrogen (secondary N) is 1. The highest BCUT2D eigenvalue weighted by molar-refractivity contribution is 7.99. The summed E-state index contributed by atoms with van der Waals surface area (Å²) in [6.45, 7) is 7.06. The van der Waals surface area contributed by atoms with Gasteiger partial charge in [-0.15, -0.1) is 18.3 Å². The fourth-order valence-electron chi connectivity index (χ4n) is 4.20. The summed E-state index contributed by atoms with van der Waals surface area (Å²) in [5, 5.41) is 3.00. The fraction of sp³-hybridized carbons (Fsp3) is 0.346.